The van der Waals surface area contributed by atoms with Gasteiger partial charge in [-0.25, -0.2) is 13.6 Å². The quantitative estimate of drug-likeness (QED) is 0.0770. The number of hydrogen-bond donors (Lipinski definition) is 0. The molecule has 0 aromatic heterocycles. The Morgan fingerprint density at radius 1 is 0.659 bits per heavy atom. The highest BCUT2D eigenvalue weighted by molar-refractivity contribution is 5.91. The number of esters is 2. The molecule has 44 heavy (non-hydrogen) atoms. The van der Waals surface area contributed by atoms with Crippen LogP contribution in [0.5, 0.6) is 17.2 Å². The first-order valence-electron chi connectivity index (χ1n) is 16.1. The lowest BCUT2D eigenvalue weighted by molar-refractivity contribution is -0.138. The van der Waals surface area contributed by atoms with Crippen molar-refractivity contribution in [3.05, 3.63) is 77.9 Å². The van der Waals surface area contributed by atoms with Gasteiger partial charge in [-0.2, -0.15) is 0 Å². The first kappa shape index (κ1) is 34.7. The van der Waals surface area contributed by atoms with Gasteiger partial charge in [0.05, 0.1) is 18.1 Å². The molecule has 1 atom stereocenters. The maximum absolute atomic E-state index is 14.7. The zero-order chi connectivity index (χ0) is 31.7. The van der Waals surface area contributed by atoms with Crippen molar-refractivity contribution in [3.63, 3.8) is 0 Å². The average Bonchev–Trinajstić information content (AvgIpc) is 3.02. The third-order valence-electron chi connectivity index (χ3n) is 7.61. The van der Waals surface area contributed by atoms with E-state index in [1.165, 1.54) is 56.7 Å². The summed E-state index contributed by atoms with van der Waals surface area (Å²) < 4.78 is 45.5. The maximum atomic E-state index is 14.7. The lowest BCUT2D eigenvalue weighted by atomic mass is 10.0. The summed E-state index contributed by atoms with van der Waals surface area (Å²) in [5.74, 6) is -2.75. The van der Waals surface area contributed by atoms with Crippen LogP contribution in [-0.2, 0) is 4.79 Å². The van der Waals surface area contributed by atoms with E-state index in [9.17, 15) is 18.4 Å². The van der Waals surface area contributed by atoms with E-state index in [2.05, 4.69) is 13.8 Å². The molecule has 7 heteroatoms. The number of benzene rings is 3. The number of rotatable bonds is 19. The maximum Gasteiger partial charge on any atom is 0.343 e. The van der Waals surface area contributed by atoms with Crippen LogP contribution in [0.25, 0.3) is 11.1 Å². The molecule has 0 fully saturated rings. The molecule has 0 radical (unpaired) electrons. The van der Waals surface area contributed by atoms with Crippen molar-refractivity contribution >= 4 is 11.9 Å². The molecule has 0 aliphatic carbocycles. The van der Waals surface area contributed by atoms with Crippen molar-refractivity contribution in [1.29, 1.82) is 0 Å². The third-order valence-corrected chi connectivity index (χ3v) is 7.61. The van der Waals surface area contributed by atoms with Crippen molar-refractivity contribution in [2.75, 3.05) is 6.61 Å². The number of carbonyl (C=O) groups is 2. The van der Waals surface area contributed by atoms with Crippen LogP contribution in [0.1, 0.15) is 108 Å². The Kier molecular flexibility index (Phi) is 14.9. The molecule has 0 aliphatic heterocycles. The topological polar surface area (TPSA) is 61.8 Å². The van der Waals surface area contributed by atoms with Crippen LogP contribution in [0.4, 0.5) is 8.78 Å². The minimum Gasteiger partial charge on any atom is -0.491 e. The molecule has 0 saturated heterocycles. The summed E-state index contributed by atoms with van der Waals surface area (Å²) in [7, 11) is 0. The van der Waals surface area contributed by atoms with E-state index in [1.54, 1.807) is 43.3 Å². The highest BCUT2D eigenvalue weighted by Gasteiger charge is 2.18. The van der Waals surface area contributed by atoms with E-state index < -0.39 is 23.6 Å². The number of carbonyl (C=O) groups excluding carboxylic acids is 2. The van der Waals surface area contributed by atoms with E-state index in [1.807, 2.05) is 0 Å². The summed E-state index contributed by atoms with van der Waals surface area (Å²) in [6, 6.07) is 15.0. The van der Waals surface area contributed by atoms with Crippen molar-refractivity contribution < 1.29 is 32.6 Å². The summed E-state index contributed by atoms with van der Waals surface area (Å²) in [6.07, 6.45) is 13.2. The predicted octanol–water partition coefficient (Wildman–Crippen LogP) is 10.5. The molecule has 0 N–H and O–H groups in total. The standard InChI is InChI=1S/C37H46F2O5/c1-4-6-8-9-10-11-12-14-24-42-34-22-20-30(25-32(34)38)28-16-18-29(19-17-28)37(41)43-31-21-23-35(33(39)26-31)44-36(40)27(3)15-13-7-5-2/h16-23,25-27H,4-15,24H2,1-3H3. The normalized spacial score (nSPS) is 11.7. The molecule has 0 amide bonds. The molecule has 3 aromatic carbocycles. The summed E-state index contributed by atoms with van der Waals surface area (Å²) in [5.41, 5.74) is 1.61. The predicted molar refractivity (Wildman–Crippen MR) is 170 cm³/mol. The lowest BCUT2D eigenvalue weighted by Gasteiger charge is -2.12. The average molecular weight is 609 g/mol. The van der Waals surface area contributed by atoms with Crippen molar-refractivity contribution in [2.45, 2.75) is 97.8 Å². The molecule has 0 bridgehead atoms. The van der Waals surface area contributed by atoms with Crippen LogP contribution >= 0.6 is 0 Å². The van der Waals surface area contributed by atoms with Crippen LogP contribution in [0, 0.1) is 17.6 Å². The summed E-state index contributed by atoms with van der Waals surface area (Å²) in [4.78, 5) is 24.9. The zero-order valence-corrected chi connectivity index (χ0v) is 26.3. The summed E-state index contributed by atoms with van der Waals surface area (Å²) >= 11 is 0. The Labute approximate surface area is 260 Å². The van der Waals surface area contributed by atoms with Crippen molar-refractivity contribution in [2.24, 2.45) is 5.92 Å². The Morgan fingerprint density at radius 3 is 1.91 bits per heavy atom. The Balaban J connectivity index is 1.48. The highest BCUT2D eigenvalue weighted by atomic mass is 19.1. The van der Waals surface area contributed by atoms with Crippen LogP contribution in [0.3, 0.4) is 0 Å². The Hall–Kier alpha value is -3.74. The van der Waals surface area contributed by atoms with Crippen LogP contribution in [-0.4, -0.2) is 18.5 Å². The Morgan fingerprint density at radius 2 is 1.25 bits per heavy atom. The third kappa shape index (κ3) is 11.4. The fourth-order valence-corrected chi connectivity index (χ4v) is 4.84. The second kappa shape index (κ2) is 18.8. The number of ether oxygens (including phenoxy) is 3. The van der Waals surface area contributed by atoms with Gasteiger partial charge in [-0.15, -0.1) is 0 Å². The van der Waals surface area contributed by atoms with Crippen LogP contribution in [0.15, 0.2) is 60.7 Å². The molecule has 0 saturated carbocycles. The van der Waals surface area contributed by atoms with Gasteiger partial charge in [0.1, 0.15) is 5.75 Å². The SMILES string of the molecule is CCCCCCCCCCOc1ccc(-c2ccc(C(=O)Oc3ccc(OC(=O)C(C)CCCCC)c(F)c3)cc2)cc1F. The van der Waals surface area contributed by atoms with Gasteiger partial charge >= 0.3 is 11.9 Å². The van der Waals surface area contributed by atoms with E-state index in [0.717, 1.165) is 43.7 Å². The summed E-state index contributed by atoms with van der Waals surface area (Å²) in [5, 5.41) is 0. The van der Waals surface area contributed by atoms with Gasteiger partial charge in [0, 0.05) is 6.07 Å². The largest absolute Gasteiger partial charge is 0.491 e. The van der Waals surface area contributed by atoms with Gasteiger partial charge in [0.25, 0.3) is 0 Å². The van der Waals surface area contributed by atoms with Gasteiger partial charge < -0.3 is 14.2 Å². The fourth-order valence-electron chi connectivity index (χ4n) is 4.84. The van der Waals surface area contributed by atoms with E-state index >= 15 is 0 Å². The molecule has 5 nitrogen and oxygen atoms in total. The fraction of sp³-hybridized carbons (Fsp3) is 0.459. The first-order chi connectivity index (χ1) is 21.3. The van der Waals surface area contributed by atoms with E-state index in [-0.39, 0.29) is 28.7 Å². The lowest BCUT2D eigenvalue weighted by Crippen LogP contribution is -2.18. The molecule has 1 unspecified atom stereocenters. The second-order valence-electron chi connectivity index (χ2n) is 11.3. The van der Waals surface area contributed by atoms with Gasteiger partial charge in [-0.05, 0) is 60.4 Å². The smallest absolute Gasteiger partial charge is 0.343 e. The first-order valence-corrected chi connectivity index (χ1v) is 16.1. The molecule has 0 aliphatic rings. The monoisotopic (exact) mass is 608 g/mol. The number of hydrogen-bond acceptors (Lipinski definition) is 5. The number of unbranched alkanes of at least 4 members (excludes halogenated alkanes) is 9. The molecule has 3 aromatic rings. The van der Waals surface area contributed by atoms with Gasteiger partial charge in [0.2, 0.25) is 0 Å². The van der Waals surface area contributed by atoms with Crippen LogP contribution in [0.2, 0.25) is 0 Å². The van der Waals surface area contributed by atoms with Crippen LogP contribution < -0.4 is 14.2 Å². The Bertz CT molecular complexity index is 1320. The van der Waals surface area contributed by atoms with Gasteiger partial charge in [-0.1, -0.05) is 103 Å². The van der Waals surface area contributed by atoms with E-state index in [0.29, 0.717) is 18.6 Å². The van der Waals surface area contributed by atoms with E-state index in [4.69, 9.17) is 14.2 Å². The second-order valence-corrected chi connectivity index (χ2v) is 11.3. The summed E-state index contributed by atoms with van der Waals surface area (Å²) in [6.45, 7) is 6.54. The van der Waals surface area contributed by atoms with Crippen molar-refractivity contribution in [1.82, 2.24) is 0 Å². The zero-order valence-electron chi connectivity index (χ0n) is 26.3. The van der Waals surface area contributed by atoms with Gasteiger partial charge in [0.15, 0.2) is 23.1 Å². The molecule has 238 valence electrons. The number of halogens is 2. The molecular weight excluding hydrogens is 562 g/mol. The molecule has 0 heterocycles. The van der Waals surface area contributed by atoms with Gasteiger partial charge in [-0.3, -0.25) is 4.79 Å². The van der Waals surface area contributed by atoms with Crippen molar-refractivity contribution in [3.8, 4) is 28.4 Å². The molecule has 3 rings (SSSR count). The minimum absolute atomic E-state index is 0.0167. The minimum atomic E-state index is -0.799. The molecule has 0 spiro atoms. The molecular formula is C37H46F2O5. The highest BCUT2D eigenvalue weighted by Crippen LogP contribution is 2.28.